The van der Waals surface area contributed by atoms with Gasteiger partial charge in [0.25, 0.3) is 0 Å². The van der Waals surface area contributed by atoms with Crippen LogP contribution in [0, 0.1) is 34.5 Å². The van der Waals surface area contributed by atoms with E-state index >= 15 is 0 Å². The van der Waals surface area contributed by atoms with Crippen LogP contribution < -0.4 is 0 Å². The summed E-state index contributed by atoms with van der Waals surface area (Å²) in [5.41, 5.74) is 0.501. The Morgan fingerprint density at radius 3 is 2.42 bits per heavy atom. The molecule has 0 saturated heterocycles. The Kier molecular flexibility index (Phi) is 10.7. The van der Waals surface area contributed by atoms with Gasteiger partial charge in [-0.3, -0.25) is 9.59 Å². The molecule has 7 atom stereocenters. The zero-order chi connectivity index (χ0) is 24.6. The first-order valence-electron chi connectivity index (χ1n) is 13.9. The highest BCUT2D eigenvalue weighted by Crippen LogP contribution is 2.65. The van der Waals surface area contributed by atoms with Crippen LogP contribution in [0.3, 0.4) is 0 Å². The van der Waals surface area contributed by atoms with E-state index in [1.54, 1.807) is 0 Å². The topological polar surface area (TPSA) is 63.6 Å². The fourth-order valence-corrected chi connectivity index (χ4v) is 7.64. The van der Waals surface area contributed by atoms with E-state index in [0.717, 1.165) is 50.0 Å². The molecule has 0 spiro atoms. The maximum Gasteiger partial charge on any atom is 0.303 e. The smallest absolute Gasteiger partial charge is 0.303 e. The lowest BCUT2D eigenvalue weighted by atomic mass is 9.46. The van der Waals surface area contributed by atoms with Crippen LogP contribution in [-0.2, 0) is 14.3 Å². The number of carboxylic acids is 1. The molecule has 0 amide bonds. The van der Waals surface area contributed by atoms with Gasteiger partial charge in [0.05, 0.1) is 6.10 Å². The van der Waals surface area contributed by atoms with Crippen molar-refractivity contribution in [1.82, 2.24) is 0 Å². The number of carboxylic acid groups (broad SMARTS) is 1. The summed E-state index contributed by atoms with van der Waals surface area (Å²) in [5.74, 6) is 2.42. The van der Waals surface area contributed by atoms with Crippen LogP contribution >= 0.6 is 0 Å². The number of ether oxygens (including phenoxy) is 1. The van der Waals surface area contributed by atoms with Crippen LogP contribution in [0.25, 0.3) is 0 Å². The number of carbonyl (C=O) groups is 2. The van der Waals surface area contributed by atoms with Gasteiger partial charge in [0.1, 0.15) is 0 Å². The van der Waals surface area contributed by atoms with Crippen molar-refractivity contribution in [2.24, 2.45) is 34.5 Å². The molecule has 0 aromatic rings. The maximum absolute atomic E-state index is 12.0. The molecule has 4 heteroatoms. The number of rotatable bonds is 7. The molecule has 190 valence electrons. The highest BCUT2D eigenvalue weighted by molar-refractivity contribution is 5.91. The van der Waals surface area contributed by atoms with Gasteiger partial charge in [-0.05, 0) is 91.9 Å². The number of unbranched alkanes of at least 4 members (excludes halogenated alkanes) is 2. The van der Waals surface area contributed by atoms with E-state index in [0.29, 0.717) is 23.2 Å². The zero-order valence-corrected chi connectivity index (χ0v) is 22.2. The first-order valence-corrected chi connectivity index (χ1v) is 13.9. The summed E-state index contributed by atoms with van der Waals surface area (Å²) in [6.07, 6.45) is 15.7. The molecule has 3 saturated carbocycles. The standard InChI is InChI=1S/C25H38O4.2C2H6/c1-24-13-11-18(26)16-17(24)7-8-19-20-9-10-22(25(20,2)14-12-21(19)24)29-15-5-3-4-6-23(27)28;2*1-2/h11,13,17,19-22H,3-10,12,14-16H2,1-2H3,(H,27,28);2*1-2H3. The fraction of sp³-hybridized carbons (Fsp3) is 0.862. The van der Waals surface area contributed by atoms with Gasteiger partial charge in [0, 0.05) is 19.4 Å². The van der Waals surface area contributed by atoms with Crippen LogP contribution in [-0.4, -0.2) is 29.6 Å². The van der Waals surface area contributed by atoms with Gasteiger partial charge in [-0.2, -0.15) is 0 Å². The van der Waals surface area contributed by atoms with Gasteiger partial charge >= 0.3 is 5.97 Å². The van der Waals surface area contributed by atoms with E-state index in [1.807, 2.05) is 33.8 Å². The molecule has 0 radical (unpaired) electrons. The normalized spacial score (nSPS) is 38.6. The maximum atomic E-state index is 12.0. The van der Waals surface area contributed by atoms with Crippen LogP contribution in [0.15, 0.2) is 12.2 Å². The minimum Gasteiger partial charge on any atom is -0.481 e. The van der Waals surface area contributed by atoms with Crippen molar-refractivity contribution in [2.75, 3.05) is 6.61 Å². The molecule has 1 N–H and O–H groups in total. The zero-order valence-electron chi connectivity index (χ0n) is 22.2. The minimum absolute atomic E-state index is 0.210. The number of hydrogen-bond acceptors (Lipinski definition) is 3. The quantitative estimate of drug-likeness (QED) is 0.399. The summed E-state index contributed by atoms with van der Waals surface area (Å²) in [6.45, 7) is 13.7. The lowest BCUT2D eigenvalue weighted by molar-refractivity contribution is -0.137. The summed E-state index contributed by atoms with van der Waals surface area (Å²) in [6, 6.07) is 0. The minimum atomic E-state index is -0.700. The Morgan fingerprint density at radius 2 is 1.73 bits per heavy atom. The molecule has 0 bridgehead atoms. The van der Waals surface area contributed by atoms with E-state index in [9.17, 15) is 9.59 Å². The number of allylic oxidation sites excluding steroid dienone is 2. The second kappa shape index (κ2) is 12.5. The molecule has 0 heterocycles. The Balaban J connectivity index is 0.000000914. The largest absolute Gasteiger partial charge is 0.481 e. The van der Waals surface area contributed by atoms with E-state index in [2.05, 4.69) is 19.9 Å². The van der Waals surface area contributed by atoms with E-state index in [4.69, 9.17) is 9.84 Å². The predicted octanol–water partition coefficient (Wildman–Crippen LogP) is 7.46. The highest BCUT2D eigenvalue weighted by atomic mass is 16.5. The molecule has 0 aromatic carbocycles. The average molecular weight is 463 g/mol. The van der Waals surface area contributed by atoms with Crippen LogP contribution in [0.4, 0.5) is 0 Å². The van der Waals surface area contributed by atoms with Gasteiger partial charge in [-0.1, -0.05) is 54.0 Å². The van der Waals surface area contributed by atoms with Crippen molar-refractivity contribution >= 4 is 11.8 Å². The van der Waals surface area contributed by atoms with E-state index < -0.39 is 5.97 Å². The lowest BCUT2D eigenvalue weighted by Gasteiger charge is -2.58. The van der Waals surface area contributed by atoms with E-state index in [-0.39, 0.29) is 11.8 Å². The van der Waals surface area contributed by atoms with Crippen molar-refractivity contribution in [1.29, 1.82) is 0 Å². The van der Waals surface area contributed by atoms with Crippen molar-refractivity contribution in [3.05, 3.63) is 12.2 Å². The molecule has 3 fully saturated rings. The van der Waals surface area contributed by atoms with Crippen molar-refractivity contribution in [3.8, 4) is 0 Å². The van der Waals surface area contributed by atoms with E-state index in [1.165, 1.54) is 38.5 Å². The summed E-state index contributed by atoms with van der Waals surface area (Å²) in [7, 11) is 0. The SMILES string of the molecule is CC.CC.CC12C=CC(=O)CC1CCC1C2CCC2(C)C(OCCCCCC(=O)O)CCC12. The fourth-order valence-electron chi connectivity index (χ4n) is 7.64. The van der Waals surface area contributed by atoms with Gasteiger partial charge in [0.15, 0.2) is 5.78 Å². The van der Waals surface area contributed by atoms with Crippen molar-refractivity contribution in [3.63, 3.8) is 0 Å². The molecule has 0 aromatic heterocycles. The summed E-state index contributed by atoms with van der Waals surface area (Å²) in [5, 5.41) is 8.75. The number of ketones is 1. The van der Waals surface area contributed by atoms with Crippen LogP contribution in [0.1, 0.15) is 112 Å². The summed E-state index contributed by atoms with van der Waals surface area (Å²) >= 11 is 0. The third kappa shape index (κ3) is 5.92. The third-order valence-electron chi connectivity index (χ3n) is 9.31. The van der Waals surface area contributed by atoms with Gasteiger partial charge in [-0.15, -0.1) is 0 Å². The summed E-state index contributed by atoms with van der Waals surface area (Å²) in [4.78, 5) is 22.6. The van der Waals surface area contributed by atoms with Gasteiger partial charge < -0.3 is 9.84 Å². The number of aliphatic carboxylic acids is 1. The molecule has 0 aliphatic heterocycles. The highest BCUT2D eigenvalue weighted by Gasteiger charge is 2.59. The van der Waals surface area contributed by atoms with Crippen LogP contribution in [0.2, 0.25) is 0 Å². The molecule has 7 unspecified atom stereocenters. The third-order valence-corrected chi connectivity index (χ3v) is 9.31. The Bertz CT molecular complexity index is 671. The first-order chi connectivity index (χ1) is 15.8. The van der Waals surface area contributed by atoms with Crippen molar-refractivity contribution in [2.45, 2.75) is 118 Å². The molecule has 4 aliphatic carbocycles. The molecular weight excluding hydrogens is 412 g/mol. The van der Waals surface area contributed by atoms with Gasteiger partial charge in [-0.25, -0.2) is 0 Å². The molecule has 4 rings (SSSR count). The second-order valence-electron chi connectivity index (χ2n) is 10.7. The van der Waals surface area contributed by atoms with Crippen molar-refractivity contribution < 1.29 is 19.4 Å². The Labute approximate surface area is 202 Å². The molecular formula is C29H50O4. The van der Waals surface area contributed by atoms with Gasteiger partial charge in [0.2, 0.25) is 0 Å². The average Bonchev–Trinajstić information content (AvgIpc) is 3.15. The Hall–Kier alpha value is -1.16. The number of carbonyl (C=O) groups excluding carboxylic acids is 1. The monoisotopic (exact) mass is 462 g/mol. The number of fused-ring (bicyclic) bond motifs is 5. The predicted molar refractivity (Wildman–Crippen MR) is 135 cm³/mol. The molecule has 4 nitrogen and oxygen atoms in total. The summed E-state index contributed by atoms with van der Waals surface area (Å²) < 4.78 is 6.40. The van der Waals surface area contributed by atoms with Crippen LogP contribution in [0.5, 0.6) is 0 Å². The molecule has 33 heavy (non-hydrogen) atoms. The number of hydrogen-bond donors (Lipinski definition) is 1. The lowest BCUT2D eigenvalue weighted by Crippen LogP contribution is -2.53. The Morgan fingerprint density at radius 1 is 1.00 bits per heavy atom. The second-order valence-corrected chi connectivity index (χ2v) is 10.7. The first kappa shape index (κ1) is 28.1. The molecule has 4 aliphatic rings.